The molecule has 4 nitrogen and oxygen atoms in total. The molecule has 98 valence electrons. The lowest BCUT2D eigenvalue weighted by Crippen LogP contribution is -2.29. The number of anilines is 2. The molecular formula is C14H21N3O. The lowest BCUT2D eigenvalue weighted by Gasteiger charge is -2.27. The van der Waals surface area contributed by atoms with Crippen LogP contribution in [-0.4, -0.2) is 25.5 Å². The summed E-state index contributed by atoms with van der Waals surface area (Å²) in [5.41, 5.74) is 8.48. The molecule has 1 saturated heterocycles. The number of carbonyl (C=O) groups excluding carboxylic acids is 1. The minimum absolute atomic E-state index is 0.0662. The lowest BCUT2D eigenvalue weighted by molar-refractivity contribution is 0.0963. The molecule has 18 heavy (non-hydrogen) atoms. The average Bonchev–Trinajstić information content (AvgIpc) is 2.86. The molecule has 0 spiro atoms. The molecule has 1 atom stereocenters. The van der Waals surface area contributed by atoms with Gasteiger partial charge in [-0.2, -0.15) is 0 Å². The van der Waals surface area contributed by atoms with Crippen LogP contribution in [-0.2, 0) is 0 Å². The molecule has 1 aliphatic heterocycles. The molecule has 0 aliphatic carbocycles. The van der Waals surface area contributed by atoms with E-state index in [9.17, 15) is 4.79 Å². The Morgan fingerprint density at radius 2 is 2.33 bits per heavy atom. The highest BCUT2D eigenvalue weighted by molar-refractivity contribution is 5.96. The Balaban J connectivity index is 2.34. The third kappa shape index (κ3) is 2.28. The Morgan fingerprint density at radius 3 is 3.00 bits per heavy atom. The van der Waals surface area contributed by atoms with Gasteiger partial charge in [0.15, 0.2) is 0 Å². The van der Waals surface area contributed by atoms with Gasteiger partial charge >= 0.3 is 0 Å². The molecule has 1 unspecified atom stereocenters. The first-order chi connectivity index (χ1) is 8.67. The quantitative estimate of drug-likeness (QED) is 0.803. The normalized spacial score (nSPS) is 19.0. The first kappa shape index (κ1) is 12.7. The van der Waals surface area contributed by atoms with Gasteiger partial charge in [0.2, 0.25) is 0 Å². The number of nitrogens with two attached hydrogens (primary N) is 1. The molecule has 1 fully saturated rings. The number of hydrogen-bond donors (Lipinski definition) is 2. The van der Waals surface area contributed by atoms with Crippen LogP contribution >= 0.6 is 0 Å². The van der Waals surface area contributed by atoms with Gasteiger partial charge in [0.25, 0.3) is 5.91 Å². The van der Waals surface area contributed by atoms with Gasteiger partial charge in [-0.3, -0.25) is 4.79 Å². The van der Waals surface area contributed by atoms with Gasteiger partial charge in [-0.25, -0.2) is 0 Å². The largest absolute Gasteiger partial charge is 0.397 e. The predicted molar refractivity (Wildman–Crippen MR) is 74.9 cm³/mol. The van der Waals surface area contributed by atoms with Crippen LogP contribution in [0, 0.1) is 0 Å². The SMILES string of the molecule is CCC1CCCN1c1cc(C(=O)NC)ccc1N. The van der Waals surface area contributed by atoms with Gasteiger partial charge < -0.3 is 16.0 Å². The van der Waals surface area contributed by atoms with Gasteiger partial charge in [0.05, 0.1) is 11.4 Å². The molecule has 1 aliphatic rings. The van der Waals surface area contributed by atoms with E-state index in [2.05, 4.69) is 17.1 Å². The Hall–Kier alpha value is -1.71. The smallest absolute Gasteiger partial charge is 0.251 e. The average molecular weight is 247 g/mol. The van der Waals surface area contributed by atoms with Crippen LogP contribution in [0.5, 0.6) is 0 Å². The summed E-state index contributed by atoms with van der Waals surface area (Å²) in [4.78, 5) is 14.0. The molecule has 0 bridgehead atoms. The molecular weight excluding hydrogens is 226 g/mol. The molecule has 1 heterocycles. The summed E-state index contributed by atoms with van der Waals surface area (Å²) in [6.07, 6.45) is 3.52. The Morgan fingerprint density at radius 1 is 1.56 bits per heavy atom. The summed E-state index contributed by atoms with van der Waals surface area (Å²) < 4.78 is 0. The number of rotatable bonds is 3. The number of hydrogen-bond acceptors (Lipinski definition) is 3. The number of benzene rings is 1. The second kappa shape index (κ2) is 5.29. The fourth-order valence-corrected chi connectivity index (χ4v) is 2.66. The number of nitrogens with zero attached hydrogens (tertiary/aromatic N) is 1. The topological polar surface area (TPSA) is 58.4 Å². The van der Waals surface area contributed by atoms with E-state index in [1.165, 1.54) is 12.8 Å². The van der Waals surface area contributed by atoms with E-state index in [1.807, 2.05) is 12.1 Å². The molecule has 0 radical (unpaired) electrons. The zero-order valence-electron chi connectivity index (χ0n) is 11.1. The highest BCUT2D eigenvalue weighted by Crippen LogP contribution is 2.32. The van der Waals surface area contributed by atoms with Gasteiger partial charge in [-0.15, -0.1) is 0 Å². The van der Waals surface area contributed by atoms with Crippen molar-refractivity contribution in [2.75, 3.05) is 24.2 Å². The number of nitrogens with one attached hydrogen (secondary N) is 1. The molecule has 1 amide bonds. The van der Waals surface area contributed by atoms with E-state index in [4.69, 9.17) is 5.73 Å². The number of carbonyl (C=O) groups is 1. The molecule has 4 heteroatoms. The minimum Gasteiger partial charge on any atom is -0.397 e. The molecule has 2 rings (SSSR count). The third-order valence-electron chi connectivity index (χ3n) is 3.68. The van der Waals surface area contributed by atoms with Crippen molar-refractivity contribution in [3.8, 4) is 0 Å². The van der Waals surface area contributed by atoms with Gasteiger partial charge in [0, 0.05) is 25.2 Å². The van der Waals surface area contributed by atoms with E-state index in [1.54, 1.807) is 13.1 Å². The maximum atomic E-state index is 11.7. The third-order valence-corrected chi connectivity index (χ3v) is 3.68. The van der Waals surface area contributed by atoms with Crippen molar-refractivity contribution in [3.05, 3.63) is 23.8 Å². The summed E-state index contributed by atoms with van der Waals surface area (Å²) in [7, 11) is 1.64. The second-order valence-electron chi connectivity index (χ2n) is 4.75. The van der Waals surface area contributed by atoms with E-state index in [-0.39, 0.29) is 5.91 Å². The Labute approximate surface area is 108 Å². The van der Waals surface area contributed by atoms with Crippen LogP contribution in [0.25, 0.3) is 0 Å². The van der Waals surface area contributed by atoms with Crippen LogP contribution in [0.4, 0.5) is 11.4 Å². The maximum absolute atomic E-state index is 11.7. The number of amides is 1. The minimum atomic E-state index is -0.0662. The number of nitrogen functional groups attached to an aromatic ring is 1. The van der Waals surface area contributed by atoms with Crippen molar-refractivity contribution in [1.29, 1.82) is 0 Å². The van der Waals surface area contributed by atoms with Crippen LogP contribution in [0.3, 0.4) is 0 Å². The highest BCUT2D eigenvalue weighted by atomic mass is 16.1. The van der Waals surface area contributed by atoms with E-state index in [0.717, 1.165) is 24.3 Å². The van der Waals surface area contributed by atoms with Crippen molar-refractivity contribution >= 4 is 17.3 Å². The van der Waals surface area contributed by atoms with Gasteiger partial charge in [0.1, 0.15) is 0 Å². The van der Waals surface area contributed by atoms with Crippen molar-refractivity contribution in [3.63, 3.8) is 0 Å². The van der Waals surface area contributed by atoms with Crippen molar-refractivity contribution in [2.45, 2.75) is 32.2 Å². The fraction of sp³-hybridized carbons (Fsp3) is 0.500. The van der Waals surface area contributed by atoms with Crippen molar-refractivity contribution in [2.24, 2.45) is 0 Å². The standard InChI is InChI=1S/C14H21N3O/c1-3-11-5-4-8-17(11)13-9-10(14(18)16-2)6-7-12(13)15/h6-7,9,11H,3-5,8,15H2,1-2H3,(H,16,18). The summed E-state index contributed by atoms with van der Waals surface area (Å²) in [5, 5.41) is 2.65. The molecule has 1 aromatic carbocycles. The first-order valence-electron chi connectivity index (χ1n) is 6.55. The summed E-state index contributed by atoms with van der Waals surface area (Å²) in [6.45, 7) is 3.22. The van der Waals surface area contributed by atoms with E-state index in [0.29, 0.717) is 11.6 Å². The molecule has 1 aromatic rings. The summed E-state index contributed by atoms with van der Waals surface area (Å²) in [6, 6.07) is 6.05. The van der Waals surface area contributed by atoms with E-state index >= 15 is 0 Å². The van der Waals surface area contributed by atoms with Crippen molar-refractivity contribution in [1.82, 2.24) is 5.32 Å². The van der Waals surface area contributed by atoms with Crippen molar-refractivity contribution < 1.29 is 4.79 Å². The van der Waals surface area contributed by atoms with Gasteiger partial charge in [-0.1, -0.05) is 6.92 Å². The predicted octanol–water partition coefficient (Wildman–Crippen LogP) is 2.01. The second-order valence-corrected chi connectivity index (χ2v) is 4.75. The van der Waals surface area contributed by atoms with Gasteiger partial charge in [-0.05, 0) is 37.5 Å². The maximum Gasteiger partial charge on any atom is 0.251 e. The fourth-order valence-electron chi connectivity index (χ4n) is 2.66. The zero-order chi connectivity index (χ0) is 13.1. The lowest BCUT2D eigenvalue weighted by atomic mass is 10.1. The van der Waals surface area contributed by atoms with Crippen LogP contribution in [0.15, 0.2) is 18.2 Å². The van der Waals surface area contributed by atoms with Crippen LogP contribution < -0.4 is 16.0 Å². The first-order valence-corrected chi connectivity index (χ1v) is 6.55. The summed E-state index contributed by atoms with van der Waals surface area (Å²) >= 11 is 0. The molecule has 0 aromatic heterocycles. The summed E-state index contributed by atoms with van der Waals surface area (Å²) in [5.74, 6) is -0.0662. The molecule has 0 saturated carbocycles. The monoisotopic (exact) mass is 247 g/mol. The van der Waals surface area contributed by atoms with Crippen LogP contribution in [0.2, 0.25) is 0 Å². The van der Waals surface area contributed by atoms with E-state index < -0.39 is 0 Å². The highest BCUT2D eigenvalue weighted by Gasteiger charge is 2.25. The Kier molecular flexibility index (Phi) is 3.75. The Bertz CT molecular complexity index is 445. The van der Waals surface area contributed by atoms with Crippen LogP contribution in [0.1, 0.15) is 36.5 Å². The zero-order valence-corrected chi connectivity index (χ0v) is 11.1. The molecule has 3 N–H and O–H groups in total.